The minimum atomic E-state index is -0.266. The summed E-state index contributed by atoms with van der Waals surface area (Å²) in [4.78, 5) is 23.1. The number of ether oxygens (including phenoxy) is 1. The van der Waals surface area contributed by atoms with Crippen molar-refractivity contribution in [2.24, 2.45) is 0 Å². The van der Waals surface area contributed by atoms with Crippen LogP contribution in [-0.4, -0.2) is 55.3 Å². The summed E-state index contributed by atoms with van der Waals surface area (Å²) >= 11 is 0. The molecule has 0 aromatic carbocycles. The van der Waals surface area contributed by atoms with Gasteiger partial charge in [-0.05, 0) is 24.3 Å². The van der Waals surface area contributed by atoms with Gasteiger partial charge in [0.2, 0.25) is 0 Å². The van der Waals surface area contributed by atoms with Crippen molar-refractivity contribution in [3.05, 3.63) is 60.6 Å². The number of amides is 1. The van der Waals surface area contributed by atoms with Crippen LogP contribution in [0.3, 0.4) is 0 Å². The average Bonchev–Trinajstić information content (AvgIpc) is 3.35. The van der Waals surface area contributed by atoms with Crippen molar-refractivity contribution in [1.82, 2.24) is 29.6 Å². The fourth-order valence-electron chi connectivity index (χ4n) is 2.77. The van der Waals surface area contributed by atoms with Gasteiger partial charge in [-0.3, -0.25) is 9.89 Å². The van der Waals surface area contributed by atoms with E-state index in [-0.39, 0.29) is 11.9 Å². The van der Waals surface area contributed by atoms with Crippen molar-refractivity contribution >= 4 is 5.91 Å². The van der Waals surface area contributed by atoms with E-state index in [1.54, 1.807) is 17.2 Å². The van der Waals surface area contributed by atoms with Gasteiger partial charge in [0.1, 0.15) is 24.0 Å². The predicted octanol–water partition coefficient (Wildman–Crippen LogP) is 1.20. The first kappa shape index (κ1) is 14.6. The molecule has 1 aliphatic heterocycles. The van der Waals surface area contributed by atoms with E-state index in [9.17, 15) is 4.79 Å². The number of carbonyl (C=O) groups is 1. The zero-order chi connectivity index (χ0) is 16.4. The molecule has 1 unspecified atom stereocenters. The van der Waals surface area contributed by atoms with E-state index in [0.717, 1.165) is 5.82 Å². The van der Waals surface area contributed by atoms with Gasteiger partial charge >= 0.3 is 0 Å². The first-order valence-electron chi connectivity index (χ1n) is 7.66. The SMILES string of the molecule is O=C(c1ccc(-n2cccc2)nc1)N1CCOCC1c1ncn[nH]1. The second-order valence-corrected chi connectivity index (χ2v) is 5.46. The van der Waals surface area contributed by atoms with Gasteiger partial charge in [-0.1, -0.05) is 0 Å². The number of pyridine rings is 1. The number of nitrogens with one attached hydrogen (secondary N) is 1. The summed E-state index contributed by atoms with van der Waals surface area (Å²) in [6.45, 7) is 1.41. The van der Waals surface area contributed by atoms with Crippen LogP contribution in [0.15, 0.2) is 49.2 Å². The summed E-state index contributed by atoms with van der Waals surface area (Å²) in [5.74, 6) is 1.30. The van der Waals surface area contributed by atoms with Gasteiger partial charge in [0.25, 0.3) is 5.91 Å². The zero-order valence-corrected chi connectivity index (χ0v) is 12.9. The first-order valence-corrected chi connectivity index (χ1v) is 7.66. The predicted molar refractivity (Wildman–Crippen MR) is 84.5 cm³/mol. The summed E-state index contributed by atoms with van der Waals surface area (Å²) in [5, 5.41) is 6.68. The lowest BCUT2D eigenvalue weighted by atomic mass is 10.1. The molecule has 3 aromatic rings. The molecule has 1 atom stereocenters. The number of aromatic amines is 1. The Hall–Kier alpha value is -3.00. The van der Waals surface area contributed by atoms with Crippen LogP contribution in [-0.2, 0) is 4.74 Å². The molecule has 122 valence electrons. The van der Waals surface area contributed by atoms with Crippen LogP contribution >= 0.6 is 0 Å². The molecule has 0 spiro atoms. The molecule has 1 aliphatic rings. The number of hydrogen-bond acceptors (Lipinski definition) is 5. The Labute approximate surface area is 138 Å². The minimum Gasteiger partial charge on any atom is -0.377 e. The van der Waals surface area contributed by atoms with Crippen LogP contribution in [0.2, 0.25) is 0 Å². The number of H-pyrrole nitrogens is 1. The fourth-order valence-corrected chi connectivity index (χ4v) is 2.77. The number of nitrogens with zero attached hydrogens (tertiary/aromatic N) is 5. The third kappa shape index (κ3) is 2.67. The highest BCUT2D eigenvalue weighted by molar-refractivity contribution is 5.94. The molecule has 24 heavy (non-hydrogen) atoms. The average molecular weight is 324 g/mol. The van der Waals surface area contributed by atoms with E-state index in [1.807, 2.05) is 35.2 Å². The molecular weight excluding hydrogens is 308 g/mol. The molecule has 1 fully saturated rings. The van der Waals surface area contributed by atoms with E-state index in [0.29, 0.717) is 31.1 Å². The summed E-state index contributed by atoms with van der Waals surface area (Å²) in [5.41, 5.74) is 0.539. The van der Waals surface area contributed by atoms with E-state index in [2.05, 4.69) is 20.2 Å². The van der Waals surface area contributed by atoms with Gasteiger partial charge in [-0.25, -0.2) is 9.97 Å². The molecule has 8 heteroatoms. The molecule has 3 aromatic heterocycles. The van der Waals surface area contributed by atoms with E-state index < -0.39 is 0 Å². The molecule has 0 aliphatic carbocycles. The third-order valence-electron chi connectivity index (χ3n) is 4.00. The lowest BCUT2D eigenvalue weighted by molar-refractivity contribution is -0.00514. The Balaban J connectivity index is 1.57. The topological polar surface area (TPSA) is 88.9 Å². The number of rotatable bonds is 3. The highest BCUT2D eigenvalue weighted by Gasteiger charge is 2.31. The Morgan fingerprint density at radius 1 is 1.25 bits per heavy atom. The maximum absolute atomic E-state index is 12.9. The van der Waals surface area contributed by atoms with Crippen molar-refractivity contribution in [2.45, 2.75) is 6.04 Å². The van der Waals surface area contributed by atoms with Crippen LogP contribution in [0.4, 0.5) is 0 Å². The third-order valence-corrected chi connectivity index (χ3v) is 4.00. The molecule has 0 bridgehead atoms. The van der Waals surface area contributed by atoms with Crippen molar-refractivity contribution in [2.75, 3.05) is 19.8 Å². The smallest absolute Gasteiger partial charge is 0.256 e. The minimum absolute atomic E-state index is 0.0914. The van der Waals surface area contributed by atoms with Crippen LogP contribution in [0.25, 0.3) is 5.82 Å². The van der Waals surface area contributed by atoms with Gasteiger partial charge in [0, 0.05) is 25.1 Å². The Kier molecular flexibility index (Phi) is 3.80. The highest BCUT2D eigenvalue weighted by Crippen LogP contribution is 2.23. The van der Waals surface area contributed by atoms with Crippen molar-refractivity contribution in [3.63, 3.8) is 0 Å². The quantitative estimate of drug-likeness (QED) is 0.782. The maximum Gasteiger partial charge on any atom is 0.256 e. The van der Waals surface area contributed by atoms with Crippen molar-refractivity contribution in [3.8, 4) is 5.82 Å². The Morgan fingerprint density at radius 3 is 2.83 bits per heavy atom. The molecule has 4 rings (SSSR count). The second kappa shape index (κ2) is 6.25. The molecule has 8 nitrogen and oxygen atoms in total. The monoisotopic (exact) mass is 324 g/mol. The largest absolute Gasteiger partial charge is 0.377 e. The van der Waals surface area contributed by atoms with Gasteiger partial charge < -0.3 is 14.2 Å². The van der Waals surface area contributed by atoms with Gasteiger partial charge in [0.05, 0.1) is 18.8 Å². The Bertz CT molecular complexity index is 798. The van der Waals surface area contributed by atoms with Crippen LogP contribution < -0.4 is 0 Å². The number of hydrogen-bond donors (Lipinski definition) is 1. The van der Waals surface area contributed by atoms with E-state index in [1.165, 1.54) is 6.33 Å². The summed E-state index contributed by atoms with van der Waals surface area (Å²) in [6, 6.07) is 7.21. The first-order chi connectivity index (χ1) is 11.8. The molecule has 0 saturated carbocycles. The number of aromatic nitrogens is 5. The second-order valence-electron chi connectivity index (χ2n) is 5.46. The van der Waals surface area contributed by atoms with Gasteiger partial charge in [-0.2, -0.15) is 5.10 Å². The molecular formula is C16H16N6O2. The van der Waals surface area contributed by atoms with E-state index in [4.69, 9.17) is 4.74 Å². The molecule has 0 radical (unpaired) electrons. The summed E-state index contributed by atoms with van der Waals surface area (Å²) < 4.78 is 7.38. The molecule has 1 saturated heterocycles. The van der Waals surface area contributed by atoms with Crippen LogP contribution in [0.1, 0.15) is 22.2 Å². The van der Waals surface area contributed by atoms with Crippen LogP contribution in [0, 0.1) is 0 Å². The lowest BCUT2D eigenvalue weighted by Crippen LogP contribution is -2.43. The number of carbonyl (C=O) groups excluding carboxylic acids is 1. The van der Waals surface area contributed by atoms with Crippen LogP contribution in [0.5, 0.6) is 0 Å². The standard InChI is InChI=1S/C16H16N6O2/c23-16(12-3-4-14(17-9-12)21-5-1-2-6-21)22-7-8-24-10-13(22)15-18-11-19-20-15/h1-6,9,11,13H,7-8,10H2,(H,18,19,20). The van der Waals surface area contributed by atoms with Crippen molar-refractivity contribution < 1.29 is 9.53 Å². The highest BCUT2D eigenvalue weighted by atomic mass is 16.5. The maximum atomic E-state index is 12.9. The molecule has 1 N–H and O–H groups in total. The molecule has 1 amide bonds. The summed E-state index contributed by atoms with van der Waals surface area (Å²) in [7, 11) is 0. The van der Waals surface area contributed by atoms with Crippen molar-refractivity contribution in [1.29, 1.82) is 0 Å². The summed E-state index contributed by atoms with van der Waals surface area (Å²) in [6.07, 6.45) is 6.85. The van der Waals surface area contributed by atoms with Gasteiger partial charge in [0.15, 0.2) is 0 Å². The normalized spacial score (nSPS) is 17.8. The number of morpholine rings is 1. The Morgan fingerprint density at radius 2 is 2.12 bits per heavy atom. The van der Waals surface area contributed by atoms with E-state index >= 15 is 0 Å². The lowest BCUT2D eigenvalue weighted by Gasteiger charge is -2.34. The van der Waals surface area contributed by atoms with Gasteiger partial charge in [-0.15, -0.1) is 0 Å². The molecule has 4 heterocycles. The fraction of sp³-hybridized carbons (Fsp3) is 0.250. The zero-order valence-electron chi connectivity index (χ0n) is 12.9.